The van der Waals surface area contributed by atoms with Crippen LogP contribution >= 0.6 is 0 Å². The van der Waals surface area contributed by atoms with Crippen LogP contribution in [0.25, 0.3) is 0 Å². The molecule has 0 aliphatic carbocycles. The predicted molar refractivity (Wildman–Crippen MR) is 74.3 cm³/mol. The van der Waals surface area contributed by atoms with Crippen LogP contribution < -0.4 is 10.6 Å². The summed E-state index contributed by atoms with van der Waals surface area (Å²) in [6.07, 6.45) is 0.775. The Balaban J connectivity index is 2.44. The van der Waals surface area contributed by atoms with Crippen LogP contribution in [0.4, 0.5) is 0 Å². The number of hydrogen-bond acceptors (Lipinski definition) is 5. The van der Waals surface area contributed by atoms with Gasteiger partial charge in [0.2, 0.25) is 5.78 Å². The average molecular weight is 274 g/mol. The number of carbonyl (C=O) groups excluding carboxylic acids is 3. The van der Waals surface area contributed by atoms with Gasteiger partial charge in [-0.2, -0.15) is 0 Å². The largest absolute Gasteiger partial charge is 0.304 e. The van der Waals surface area contributed by atoms with Gasteiger partial charge < -0.3 is 5.32 Å². The van der Waals surface area contributed by atoms with Gasteiger partial charge in [-0.15, -0.1) is 0 Å². The second-order valence-corrected chi connectivity index (χ2v) is 4.96. The maximum atomic E-state index is 12.2. The van der Waals surface area contributed by atoms with Gasteiger partial charge in [0.15, 0.2) is 6.29 Å². The van der Waals surface area contributed by atoms with Gasteiger partial charge in [-0.25, -0.2) is 0 Å². The number of rotatable bonds is 5. The molecule has 1 fully saturated rings. The molecule has 2 unspecified atom stereocenters. The van der Waals surface area contributed by atoms with Gasteiger partial charge in [0.05, 0.1) is 6.04 Å². The molecule has 2 rings (SSSR count). The van der Waals surface area contributed by atoms with Crippen LogP contribution in [0.5, 0.6) is 0 Å². The van der Waals surface area contributed by atoms with E-state index < -0.39 is 23.0 Å². The van der Waals surface area contributed by atoms with E-state index in [9.17, 15) is 14.4 Å². The highest BCUT2D eigenvalue weighted by atomic mass is 16.2. The van der Waals surface area contributed by atoms with Crippen molar-refractivity contribution >= 4 is 17.9 Å². The molecule has 1 saturated heterocycles. The van der Waals surface area contributed by atoms with Crippen LogP contribution in [-0.2, 0) is 19.8 Å². The van der Waals surface area contributed by atoms with Crippen molar-refractivity contribution in [2.75, 3.05) is 13.2 Å². The molecular formula is C15H18N2O3. The second kappa shape index (κ2) is 6.07. The summed E-state index contributed by atoms with van der Waals surface area (Å²) in [5.41, 5.74) is 0.467. The Hall–Kier alpha value is -1.85. The minimum Gasteiger partial charge on any atom is -0.304 e. The lowest BCUT2D eigenvalue weighted by atomic mass is 9.69. The molecule has 1 heterocycles. The fourth-order valence-electron chi connectivity index (χ4n) is 2.87. The van der Waals surface area contributed by atoms with E-state index in [1.807, 2.05) is 37.3 Å². The molecule has 0 saturated carbocycles. The third kappa shape index (κ3) is 2.42. The molecule has 2 atom stereocenters. The maximum Gasteiger partial charge on any atom is 0.262 e. The molecular weight excluding hydrogens is 256 g/mol. The molecule has 0 radical (unpaired) electrons. The first-order valence-electron chi connectivity index (χ1n) is 6.68. The van der Waals surface area contributed by atoms with E-state index in [2.05, 4.69) is 10.6 Å². The molecule has 0 aromatic heterocycles. The van der Waals surface area contributed by atoms with Crippen LogP contribution in [0.15, 0.2) is 30.3 Å². The van der Waals surface area contributed by atoms with Gasteiger partial charge in [-0.1, -0.05) is 37.3 Å². The van der Waals surface area contributed by atoms with Gasteiger partial charge in [0.1, 0.15) is 0 Å². The van der Waals surface area contributed by atoms with Crippen molar-refractivity contribution in [3.05, 3.63) is 35.9 Å². The lowest BCUT2D eigenvalue weighted by Crippen LogP contribution is -2.65. The highest BCUT2D eigenvalue weighted by Crippen LogP contribution is 2.33. The maximum absolute atomic E-state index is 12.2. The Morgan fingerprint density at radius 3 is 2.65 bits per heavy atom. The topological polar surface area (TPSA) is 75.3 Å². The van der Waals surface area contributed by atoms with Gasteiger partial charge in [0.25, 0.3) is 5.78 Å². The molecule has 5 nitrogen and oxygen atoms in total. The van der Waals surface area contributed by atoms with E-state index in [-0.39, 0.29) is 6.29 Å². The van der Waals surface area contributed by atoms with E-state index in [4.69, 9.17) is 0 Å². The number of carbonyl (C=O) groups is 3. The first kappa shape index (κ1) is 14.6. The van der Waals surface area contributed by atoms with Crippen molar-refractivity contribution in [3.63, 3.8) is 0 Å². The van der Waals surface area contributed by atoms with Crippen molar-refractivity contribution in [1.29, 1.82) is 0 Å². The van der Waals surface area contributed by atoms with E-state index in [0.717, 1.165) is 5.56 Å². The lowest BCUT2D eigenvalue weighted by molar-refractivity contribution is -0.142. The first-order chi connectivity index (χ1) is 9.65. The molecule has 0 bridgehead atoms. The SMILES string of the molecule is CCC1(c2ccccc2)CNCNC1C(=O)C(=O)C=O. The summed E-state index contributed by atoms with van der Waals surface area (Å²) in [4.78, 5) is 34.3. The number of hydrogen-bond donors (Lipinski definition) is 2. The summed E-state index contributed by atoms with van der Waals surface area (Å²) in [6, 6.07) is 8.95. The van der Waals surface area contributed by atoms with E-state index in [1.54, 1.807) is 0 Å². The van der Waals surface area contributed by atoms with Crippen LogP contribution in [0, 0.1) is 0 Å². The normalized spacial score (nSPS) is 25.9. The summed E-state index contributed by atoms with van der Waals surface area (Å²) in [5, 5.41) is 6.24. The molecule has 1 aromatic rings. The van der Waals surface area contributed by atoms with Crippen LogP contribution in [0.2, 0.25) is 0 Å². The van der Waals surface area contributed by atoms with Crippen molar-refractivity contribution in [2.45, 2.75) is 24.8 Å². The Bertz CT molecular complexity index is 515. The molecule has 0 amide bonds. The molecule has 0 spiro atoms. The van der Waals surface area contributed by atoms with Crippen molar-refractivity contribution in [1.82, 2.24) is 10.6 Å². The van der Waals surface area contributed by atoms with Gasteiger partial charge in [-0.3, -0.25) is 19.7 Å². The van der Waals surface area contributed by atoms with E-state index >= 15 is 0 Å². The first-order valence-corrected chi connectivity index (χ1v) is 6.68. The molecule has 1 aliphatic heterocycles. The fraction of sp³-hybridized carbons (Fsp3) is 0.400. The van der Waals surface area contributed by atoms with Gasteiger partial charge in [0, 0.05) is 18.6 Å². The number of ketones is 2. The van der Waals surface area contributed by atoms with Crippen LogP contribution in [0.1, 0.15) is 18.9 Å². The smallest absolute Gasteiger partial charge is 0.262 e. The van der Waals surface area contributed by atoms with E-state index in [0.29, 0.717) is 19.6 Å². The Morgan fingerprint density at radius 1 is 1.35 bits per heavy atom. The average Bonchev–Trinajstić information content (AvgIpc) is 2.54. The zero-order chi connectivity index (χ0) is 14.6. The minimum absolute atomic E-state index is 0.0947. The summed E-state index contributed by atoms with van der Waals surface area (Å²) >= 11 is 0. The second-order valence-electron chi connectivity index (χ2n) is 4.96. The Morgan fingerprint density at radius 2 is 2.05 bits per heavy atom. The molecule has 2 N–H and O–H groups in total. The predicted octanol–water partition coefficient (Wildman–Crippen LogP) is 0.190. The fourth-order valence-corrected chi connectivity index (χ4v) is 2.87. The van der Waals surface area contributed by atoms with Crippen LogP contribution in [0.3, 0.4) is 0 Å². The highest BCUT2D eigenvalue weighted by molar-refractivity contribution is 6.59. The summed E-state index contributed by atoms with van der Waals surface area (Å²) < 4.78 is 0. The van der Waals surface area contributed by atoms with E-state index in [1.165, 1.54) is 0 Å². The molecule has 1 aliphatic rings. The molecule has 106 valence electrons. The number of nitrogens with one attached hydrogen (secondary N) is 2. The van der Waals surface area contributed by atoms with Gasteiger partial charge >= 0.3 is 0 Å². The van der Waals surface area contributed by atoms with Crippen molar-refractivity contribution < 1.29 is 14.4 Å². The molecule has 5 heteroatoms. The van der Waals surface area contributed by atoms with Crippen molar-refractivity contribution in [3.8, 4) is 0 Å². The zero-order valence-electron chi connectivity index (χ0n) is 11.4. The molecule has 20 heavy (non-hydrogen) atoms. The zero-order valence-corrected chi connectivity index (χ0v) is 11.4. The summed E-state index contributed by atoms with van der Waals surface area (Å²) in [5.74, 6) is -1.63. The summed E-state index contributed by atoms with van der Waals surface area (Å²) in [6.45, 7) is 3.01. The molecule has 1 aromatic carbocycles. The quantitative estimate of drug-likeness (QED) is 0.455. The highest BCUT2D eigenvalue weighted by Gasteiger charge is 2.46. The Labute approximate surface area is 117 Å². The van der Waals surface area contributed by atoms with Gasteiger partial charge in [-0.05, 0) is 12.0 Å². The Kier molecular flexibility index (Phi) is 4.42. The summed E-state index contributed by atoms with van der Waals surface area (Å²) in [7, 11) is 0. The number of Topliss-reactive ketones (excluding diaryl/α,β-unsaturated/α-hetero) is 2. The number of aldehydes is 1. The standard InChI is InChI=1S/C15H18N2O3/c1-2-15(11-6-4-3-5-7-11)9-16-10-17-14(15)13(20)12(19)8-18/h3-8,14,16-17H,2,9-10H2,1H3. The van der Waals surface area contributed by atoms with Crippen LogP contribution in [-0.4, -0.2) is 37.1 Å². The lowest BCUT2D eigenvalue weighted by Gasteiger charge is -2.43. The third-order valence-electron chi connectivity index (χ3n) is 4.02. The number of benzene rings is 1. The monoisotopic (exact) mass is 274 g/mol. The third-order valence-corrected chi connectivity index (χ3v) is 4.02. The van der Waals surface area contributed by atoms with Crippen molar-refractivity contribution in [2.24, 2.45) is 0 Å². The minimum atomic E-state index is -0.974.